The lowest BCUT2D eigenvalue weighted by molar-refractivity contribution is 0.589. The highest BCUT2D eigenvalue weighted by Crippen LogP contribution is 2.28. The summed E-state index contributed by atoms with van der Waals surface area (Å²) in [7, 11) is 0. The Bertz CT molecular complexity index is 1100. The summed E-state index contributed by atoms with van der Waals surface area (Å²) in [6.45, 7) is 9.08. The maximum Gasteiger partial charge on any atom is 0.0964 e. The van der Waals surface area contributed by atoms with Crippen LogP contribution in [0.25, 0.3) is 21.8 Å². The van der Waals surface area contributed by atoms with E-state index in [9.17, 15) is 0 Å². The van der Waals surface area contributed by atoms with Gasteiger partial charge in [-0.1, -0.05) is 70.2 Å². The van der Waals surface area contributed by atoms with Gasteiger partial charge >= 0.3 is 0 Å². The molecule has 2 heterocycles. The van der Waals surface area contributed by atoms with Crippen molar-refractivity contribution in [3.05, 3.63) is 83.7 Å². The molecule has 4 rings (SSSR count). The van der Waals surface area contributed by atoms with Gasteiger partial charge in [-0.25, -0.2) is 0 Å². The summed E-state index contributed by atoms with van der Waals surface area (Å²) in [5.41, 5.74) is 6.29. The fourth-order valence-corrected chi connectivity index (χ4v) is 3.74. The summed E-state index contributed by atoms with van der Waals surface area (Å²) in [6, 6.07) is 19.7. The zero-order valence-corrected chi connectivity index (χ0v) is 17.2. The van der Waals surface area contributed by atoms with E-state index in [0.29, 0.717) is 5.92 Å². The third-order valence-electron chi connectivity index (χ3n) is 5.70. The van der Waals surface area contributed by atoms with Crippen LogP contribution in [-0.2, 0) is 11.8 Å². The molecular weight excluding hydrogens is 340 g/mol. The van der Waals surface area contributed by atoms with E-state index in [1.165, 1.54) is 22.1 Å². The van der Waals surface area contributed by atoms with Crippen LogP contribution in [0.4, 0.5) is 0 Å². The first-order chi connectivity index (χ1) is 13.4. The molecule has 0 bridgehead atoms. The molecule has 2 aromatic carbocycles. The van der Waals surface area contributed by atoms with Crippen LogP contribution >= 0.6 is 0 Å². The summed E-state index contributed by atoms with van der Waals surface area (Å²) in [5.74, 6) is 0.471. The molecule has 0 amide bonds. The van der Waals surface area contributed by atoms with Crippen LogP contribution in [0.3, 0.4) is 0 Å². The van der Waals surface area contributed by atoms with Crippen molar-refractivity contribution in [2.45, 2.75) is 51.9 Å². The molecule has 4 aromatic rings. The zero-order chi connectivity index (χ0) is 19.7. The lowest BCUT2D eigenvalue weighted by Gasteiger charge is -2.19. The van der Waals surface area contributed by atoms with Gasteiger partial charge in [0.15, 0.2) is 0 Å². The maximum atomic E-state index is 4.76. The average Bonchev–Trinajstić information content (AvgIpc) is 2.71. The molecule has 1 unspecified atom stereocenters. The van der Waals surface area contributed by atoms with Crippen molar-refractivity contribution in [1.29, 1.82) is 0 Å². The number of aryl methyl sites for hydroxylation is 1. The molecule has 0 saturated heterocycles. The van der Waals surface area contributed by atoms with Gasteiger partial charge < -0.3 is 0 Å². The first-order valence-electron chi connectivity index (χ1n) is 10.1. The van der Waals surface area contributed by atoms with E-state index < -0.39 is 0 Å². The highest BCUT2D eigenvalue weighted by molar-refractivity contribution is 6.02. The number of hydrogen-bond donors (Lipinski definition) is 0. The molecule has 2 nitrogen and oxygen atoms in total. The van der Waals surface area contributed by atoms with Crippen molar-refractivity contribution in [2.75, 3.05) is 0 Å². The molecule has 1 atom stereocenters. The van der Waals surface area contributed by atoms with Gasteiger partial charge in [-0.05, 0) is 53.0 Å². The van der Waals surface area contributed by atoms with Gasteiger partial charge in [0, 0.05) is 23.2 Å². The van der Waals surface area contributed by atoms with Crippen LogP contribution in [0.15, 0.2) is 67.0 Å². The predicted octanol–water partition coefficient (Wildman–Crippen LogP) is 6.82. The molecule has 0 saturated carbocycles. The molecule has 142 valence electrons. The fraction of sp³-hybridized carbons (Fsp3) is 0.308. The number of nitrogens with zero attached hydrogens (tertiary/aromatic N) is 2. The van der Waals surface area contributed by atoms with Crippen LogP contribution in [-0.4, -0.2) is 9.97 Å². The second-order valence-electron chi connectivity index (χ2n) is 8.87. The first-order valence-corrected chi connectivity index (χ1v) is 10.1. The molecular formula is C26H28N2. The Morgan fingerprint density at radius 2 is 1.57 bits per heavy atom. The molecule has 0 aliphatic rings. The van der Waals surface area contributed by atoms with E-state index in [0.717, 1.165) is 29.3 Å². The molecule has 0 aliphatic heterocycles. The molecule has 0 spiro atoms. The minimum atomic E-state index is 0.210. The maximum absolute atomic E-state index is 4.76. The van der Waals surface area contributed by atoms with E-state index in [-0.39, 0.29) is 5.41 Å². The average molecular weight is 369 g/mol. The minimum absolute atomic E-state index is 0.210. The highest BCUT2D eigenvalue weighted by atomic mass is 14.7. The number of rotatable bonds is 4. The Hall–Kier alpha value is -2.74. The zero-order valence-electron chi connectivity index (χ0n) is 17.2. The SMILES string of the molecule is CC(CCc1ccc(C(C)(C)C)cc1)c1cnc2c(ccc3cccnc32)c1. The largest absolute Gasteiger partial charge is 0.254 e. The Kier molecular flexibility index (Phi) is 4.89. The smallest absolute Gasteiger partial charge is 0.0964 e. The van der Waals surface area contributed by atoms with Gasteiger partial charge in [0.2, 0.25) is 0 Å². The monoisotopic (exact) mass is 368 g/mol. The number of aromatic nitrogens is 2. The van der Waals surface area contributed by atoms with Crippen LogP contribution in [0.5, 0.6) is 0 Å². The summed E-state index contributed by atoms with van der Waals surface area (Å²) < 4.78 is 0. The van der Waals surface area contributed by atoms with Gasteiger partial charge in [0.05, 0.1) is 11.0 Å². The van der Waals surface area contributed by atoms with E-state index in [4.69, 9.17) is 4.98 Å². The second kappa shape index (κ2) is 7.35. The molecule has 0 fully saturated rings. The third-order valence-corrected chi connectivity index (χ3v) is 5.70. The number of fused-ring (bicyclic) bond motifs is 3. The summed E-state index contributed by atoms with van der Waals surface area (Å²) in [5, 5.41) is 2.31. The minimum Gasteiger partial charge on any atom is -0.254 e. The van der Waals surface area contributed by atoms with E-state index in [2.05, 4.69) is 81.2 Å². The van der Waals surface area contributed by atoms with Crippen molar-refractivity contribution in [1.82, 2.24) is 9.97 Å². The van der Waals surface area contributed by atoms with Crippen molar-refractivity contribution in [2.24, 2.45) is 0 Å². The summed E-state index contributed by atoms with van der Waals surface area (Å²) >= 11 is 0. The van der Waals surface area contributed by atoms with Crippen LogP contribution in [0, 0.1) is 0 Å². The van der Waals surface area contributed by atoms with Crippen LogP contribution in [0.2, 0.25) is 0 Å². The lowest BCUT2D eigenvalue weighted by atomic mass is 9.86. The molecule has 2 heteroatoms. The number of benzene rings is 2. The fourth-order valence-electron chi connectivity index (χ4n) is 3.74. The predicted molar refractivity (Wildman–Crippen MR) is 119 cm³/mol. The lowest BCUT2D eigenvalue weighted by Crippen LogP contribution is -2.10. The highest BCUT2D eigenvalue weighted by Gasteiger charge is 2.13. The van der Waals surface area contributed by atoms with Crippen molar-refractivity contribution in [3.63, 3.8) is 0 Å². The molecule has 0 N–H and O–H groups in total. The van der Waals surface area contributed by atoms with Gasteiger partial charge in [-0.2, -0.15) is 0 Å². The summed E-state index contributed by atoms with van der Waals surface area (Å²) in [6.07, 6.45) is 6.07. The molecule has 28 heavy (non-hydrogen) atoms. The van der Waals surface area contributed by atoms with E-state index >= 15 is 0 Å². The third kappa shape index (κ3) is 3.77. The topological polar surface area (TPSA) is 25.8 Å². The molecule has 0 aliphatic carbocycles. The Morgan fingerprint density at radius 1 is 0.857 bits per heavy atom. The van der Waals surface area contributed by atoms with Gasteiger partial charge in [0.25, 0.3) is 0 Å². The summed E-state index contributed by atoms with van der Waals surface area (Å²) in [4.78, 5) is 9.28. The van der Waals surface area contributed by atoms with Crippen molar-refractivity contribution >= 4 is 21.8 Å². The Labute approximate surface area is 167 Å². The standard InChI is InChI=1S/C26H28N2/c1-18(7-8-19-9-13-23(14-10-19)26(2,3)4)22-16-21-12-11-20-6-5-15-27-24(20)25(21)28-17-22/h5-6,9-18H,7-8H2,1-4H3. The normalized spacial score (nSPS) is 13.1. The van der Waals surface area contributed by atoms with E-state index in [1.807, 2.05) is 18.5 Å². The van der Waals surface area contributed by atoms with Gasteiger partial charge in [-0.15, -0.1) is 0 Å². The van der Waals surface area contributed by atoms with Gasteiger partial charge in [-0.3, -0.25) is 9.97 Å². The quantitative estimate of drug-likeness (QED) is 0.369. The molecule has 2 aromatic heterocycles. The number of hydrogen-bond acceptors (Lipinski definition) is 2. The first kappa shape index (κ1) is 18.6. The van der Waals surface area contributed by atoms with E-state index in [1.54, 1.807) is 0 Å². The second-order valence-corrected chi connectivity index (χ2v) is 8.87. The number of pyridine rings is 2. The van der Waals surface area contributed by atoms with Crippen molar-refractivity contribution in [3.8, 4) is 0 Å². The van der Waals surface area contributed by atoms with Crippen LogP contribution < -0.4 is 0 Å². The van der Waals surface area contributed by atoms with Crippen LogP contribution in [0.1, 0.15) is 56.7 Å². The van der Waals surface area contributed by atoms with Gasteiger partial charge in [0.1, 0.15) is 0 Å². The van der Waals surface area contributed by atoms with Crippen molar-refractivity contribution < 1.29 is 0 Å². The Morgan fingerprint density at radius 3 is 2.32 bits per heavy atom. The Balaban J connectivity index is 1.51. The molecule has 0 radical (unpaired) electrons.